The predicted molar refractivity (Wildman–Crippen MR) is 56.1 cm³/mol. The number of hydrogen-bond donors (Lipinski definition) is 1. The quantitative estimate of drug-likeness (QED) is 0.738. The van der Waals surface area contributed by atoms with Crippen LogP contribution in [0.2, 0.25) is 0 Å². The van der Waals surface area contributed by atoms with E-state index in [1.807, 2.05) is 0 Å². The average molecular weight is 224 g/mol. The van der Waals surface area contributed by atoms with E-state index >= 15 is 0 Å². The van der Waals surface area contributed by atoms with Gasteiger partial charge < -0.3 is 14.6 Å². The number of rotatable bonds is 6. The van der Waals surface area contributed by atoms with Crippen molar-refractivity contribution < 1.29 is 24.2 Å². The fourth-order valence-electron chi connectivity index (χ4n) is 1.11. The number of benzene rings is 1. The Balaban J connectivity index is 2.75. The van der Waals surface area contributed by atoms with E-state index in [0.29, 0.717) is 23.3 Å². The molecule has 5 nitrogen and oxygen atoms in total. The van der Waals surface area contributed by atoms with Crippen LogP contribution < -0.4 is 9.47 Å². The summed E-state index contributed by atoms with van der Waals surface area (Å²) in [5, 5.41) is 8.44. The van der Waals surface area contributed by atoms with Gasteiger partial charge in [0.25, 0.3) is 0 Å². The van der Waals surface area contributed by atoms with E-state index in [2.05, 4.69) is 0 Å². The lowest BCUT2D eigenvalue weighted by atomic mass is 10.2. The topological polar surface area (TPSA) is 72.8 Å². The Morgan fingerprint density at radius 2 is 2.25 bits per heavy atom. The Morgan fingerprint density at radius 1 is 1.50 bits per heavy atom. The van der Waals surface area contributed by atoms with Crippen molar-refractivity contribution in [3.63, 3.8) is 0 Å². The number of aliphatic carboxylic acids is 1. The van der Waals surface area contributed by atoms with E-state index in [9.17, 15) is 9.59 Å². The second-order valence-corrected chi connectivity index (χ2v) is 3.01. The van der Waals surface area contributed by atoms with Crippen molar-refractivity contribution in [2.24, 2.45) is 0 Å². The van der Waals surface area contributed by atoms with Gasteiger partial charge in [-0.15, -0.1) is 0 Å². The SMILES string of the molecule is COc1ccc(C=O)c(OCCC(=O)O)c1. The van der Waals surface area contributed by atoms with Crippen LogP contribution in [0.1, 0.15) is 16.8 Å². The number of hydrogen-bond acceptors (Lipinski definition) is 4. The fraction of sp³-hybridized carbons (Fsp3) is 0.273. The first-order chi connectivity index (χ1) is 7.67. The zero-order valence-corrected chi connectivity index (χ0v) is 8.80. The molecule has 5 heteroatoms. The summed E-state index contributed by atoms with van der Waals surface area (Å²) in [5.74, 6) is -0.0675. The lowest BCUT2D eigenvalue weighted by Crippen LogP contribution is -2.06. The summed E-state index contributed by atoms with van der Waals surface area (Å²) < 4.78 is 10.2. The van der Waals surface area contributed by atoms with Crippen LogP contribution in [0.5, 0.6) is 11.5 Å². The van der Waals surface area contributed by atoms with Crippen molar-refractivity contribution >= 4 is 12.3 Å². The lowest BCUT2D eigenvalue weighted by Gasteiger charge is -2.08. The number of carbonyl (C=O) groups excluding carboxylic acids is 1. The Morgan fingerprint density at radius 3 is 2.81 bits per heavy atom. The third-order valence-electron chi connectivity index (χ3n) is 1.92. The smallest absolute Gasteiger partial charge is 0.306 e. The van der Waals surface area contributed by atoms with Gasteiger partial charge in [-0.2, -0.15) is 0 Å². The van der Waals surface area contributed by atoms with Gasteiger partial charge in [0, 0.05) is 6.07 Å². The fourth-order valence-corrected chi connectivity index (χ4v) is 1.11. The van der Waals surface area contributed by atoms with Crippen molar-refractivity contribution in [2.45, 2.75) is 6.42 Å². The molecule has 0 fully saturated rings. The van der Waals surface area contributed by atoms with E-state index in [-0.39, 0.29) is 13.0 Å². The lowest BCUT2D eigenvalue weighted by molar-refractivity contribution is -0.137. The Labute approximate surface area is 92.6 Å². The van der Waals surface area contributed by atoms with Crippen LogP contribution in [-0.2, 0) is 4.79 Å². The molecule has 0 aliphatic carbocycles. The number of ether oxygens (including phenoxy) is 2. The molecule has 0 unspecified atom stereocenters. The summed E-state index contributed by atoms with van der Waals surface area (Å²) >= 11 is 0. The first-order valence-electron chi connectivity index (χ1n) is 4.65. The van der Waals surface area contributed by atoms with E-state index < -0.39 is 5.97 Å². The van der Waals surface area contributed by atoms with Crippen LogP contribution in [0.4, 0.5) is 0 Å². The molecule has 0 bridgehead atoms. The first kappa shape index (κ1) is 12.0. The molecule has 1 aromatic carbocycles. The summed E-state index contributed by atoms with van der Waals surface area (Å²) in [6, 6.07) is 4.74. The van der Waals surface area contributed by atoms with Gasteiger partial charge in [-0.05, 0) is 12.1 Å². The first-order valence-corrected chi connectivity index (χ1v) is 4.65. The maximum absolute atomic E-state index is 10.7. The van der Waals surface area contributed by atoms with Crippen molar-refractivity contribution in [3.05, 3.63) is 23.8 Å². The highest BCUT2D eigenvalue weighted by Gasteiger charge is 2.06. The molecular weight excluding hydrogens is 212 g/mol. The van der Waals surface area contributed by atoms with Gasteiger partial charge >= 0.3 is 5.97 Å². The van der Waals surface area contributed by atoms with Gasteiger partial charge in [0.15, 0.2) is 6.29 Å². The molecule has 0 saturated heterocycles. The minimum absolute atomic E-state index is 0.0172. The molecule has 0 aromatic heterocycles. The maximum atomic E-state index is 10.7. The van der Waals surface area contributed by atoms with Crippen molar-refractivity contribution in [3.8, 4) is 11.5 Å². The minimum Gasteiger partial charge on any atom is -0.497 e. The van der Waals surface area contributed by atoms with E-state index in [4.69, 9.17) is 14.6 Å². The van der Waals surface area contributed by atoms with Crippen LogP contribution in [0.25, 0.3) is 0 Å². The molecule has 1 aromatic rings. The highest BCUT2D eigenvalue weighted by molar-refractivity contribution is 5.79. The van der Waals surface area contributed by atoms with Crippen molar-refractivity contribution in [1.29, 1.82) is 0 Å². The molecule has 0 saturated carbocycles. The number of aldehydes is 1. The third kappa shape index (κ3) is 3.27. The van der Waals surface area contributed by atoms with Crippen LogP contribution in [0.15, 0.2) is 18.2 Å². The standard InChI is InChI=1S/C11H12O5/c1-15-9-3-2-8(7-12)10(6-9)16-5-4-11(13)14/h2-3,6-7H,4-5H2,1H3,(H,13,14). The number of carboxylic acid groups (broad SMARTS) is 1. The monoisotopic (exact) mass is 224 g/mol. The van der Waals surface area contributed by atoms with Gasteiger partial charge in [-0.1, -0.05) is 0 Å². The summed E-state index contributed by atoms with van der Waals surface area (Å²) in [6.45, 7) is 0.0172. The van der Waals surface area contributed by atoms with E-state index in [1.54, 1.807) is 18.2 Å². The number of carbonyl (C=O) groups is 2. The number of methoxy groups -OCH3 is 1. The molecule has 0 atom stereocenters. The van der Waals surface area contributed by atoms with Gasteiger partial charge in [-0.3, -0.25) is 9.59 Å². The zero-order chi connectivity index (χ0) is 12.0. The van der Waals surface area contributed by atoms with Crippen LogP contribution >= 0.6 is 0 Å². The van der Waals surface area contributed by atoms with Crippen LogP contribution in [-0.4, -0.2) is 31.1 Å². The minimum atomic E-state index is -0.949. The van der Waals surface area contributed by atoms with Gasteiger partial charge in [0.1, 0.15) is 11.5 Å². The van der Waals surface area contributed by atoms with Crippen molar-refractivity contribution in [1.82, 2.24) is 0 Å². The molecule has 0 heterocycles. The van der Waals surface area contributed by atoms with E-state index in [0.717, 1.165) is 0 Å². The largest absolute Gasteiger partial charge is 0.497 e. The Hall–Kier alpha value is -2.04. The predicted octanol–water partition coefficient (Wildman–Crippen LogP) is 1.36. The molecule has 0 aliphatic rings. The molecule has 0 spiro atoms. The normalized spacial score (nSPS) is 9.56. The molecule has 0 aliphatic heterocycles. The zero-order valence-electron chi connectivity index (χ0n) is 8.80. The average Bonchev–Trinajstić information content (AvgIpc) is 2.28. The highest BCUT2D eigenvalue weighted by Crippen LogP contribution is 2.23. The molecule has 1 rings (SSSR count). The molecule has 0 radical (unpaired) electrons. The Kier molecular flexibility index (Phi) is 4.32. The van der Waals surface area contributed by atoms with Crippen LogP contribution in [0.3, 0.4) is 0 Å². The van der Waals surface area contributed by atoms with Crippen molar-refractivity contribution in [2.75, 3.05) is 13.7 Å². The van der Waals surface area contributed by atoms with Gasteiger partial charge in [0.2, 0.25) is 0 Å². The highest BCUT2D eigenvalue weighted by atomic mass is 16.5. The molecule has 16 heavy (non-hydrogen) atoms. The molecule has 86 valence electrons. The molecular formula is C11H12O5. The summed E-state index contributed by atoms with van der Waals surface area (Å²) in [5.41, 5.74) is 0.367. The second kappa shape index (κ2) is 5.75. The molecule has 1 N–H and O–H groups in total. The van der Waals surface area contributed by atoms with Crippen LogP contribution in [0, 0.1) is 0 Å². The third-order valence-corrected chi connectivity index (χ3v) is 1.92. The summed E-state index contributed by atoms with van der Waals surface area (Å²) in [7, 11) is 1.50. The van der Waals surface area contributed by atoms with Gasteiger partial charge in [0.05, 0.1) is 25.7 Å². The Bertz CT molecular complexity index is 386. The number of carboxylic acids is 1. The second-order valence-electron chi connectivity index (χ2n) is 3.01. The van der Waals surface area contributed by atoms with E-state index in [1.165, 1.54) is 7.11 Å². The van der Waals surface area contributed by atoms with Gasteiger partial charge in [-0.25, -0.2) is 0 Å². The summed E-state index contributed by atoms with van der Waals surface area (Å²) in [4.78, 5) is 21.0. The summed E-state index contributed by atoms with van der Waals surface area (Å²) in [6.07, 6.45) is 0.533. The maximum Gasteiger partial charge on any atom is 0.306 e. The molecule has 0 amide bonds.